The Morgan fingerprint density at radius 3 is 1.24 bits per heavy atom. The first-order valence-electron chi connectivity index (χ1n) is 7.57. The monoisotopic (exact) mass is 358 g/mol. The molecule has 0 aliphatic carbocycles. The van der Waals surface area contributed by atoms with Crippen molar-refractivity contribution in [2.24, 2.45) is 0 Å². The molecular formula is C18H30FeSi2. The summed E-state index contributed by atoms with van der Waals surface area (Å²) in [4.78, 5) is 0. The minimum absolute atomic E-state index is 0. The van der Waals surface area contributed by atoms with Crippen molar-refractivity contribution in [1.29, 1.82) is 0 Å². The van der Waals surface area contributed by atoms with E-state index in [1.54, 1.807) is 0 Å². The fourth-order valence-electron chi connectivity index (χ4n) is 2.29. The van der Waals surface area contributed by atoms with Crippen LogP contribution in [0, 0.1) is 0 Å². The maximum Gasteiger partial charge on any atom is 2.00 e. The van der Waals surface area contributed by atoms with Crippen molar-refractivity contribution in [3.63, 3.8) is 0 Å². The van der Waals surface area contributed by atoms with Gasteiger partial charge >= 0.3 is 17.1 Å². The quantitative estimate of drug-likeness (QED) is 0.489. The molecule has 3 heteroatoms. The van der Waals surface area contributed by atoms with Crippen molar-refractivity contribution >= 4 is 16.1 Å². The third-order valence-electron chi connectivity index (χ3n) is 2.93. The van der Waals surface area contributed by atoms with Gasteiger partial charge in [0, 0.05) is 16.1 Å². The molecule has 0 unspecified atom stereocenters. The van der Waals surface area contributed by atoms with Gasteiger partial charge in [0.25, 0.3) is 0 Å². The second-order valence-corrected chi connectivity index (χ2v) is 19.0. The minimum Gasteiger partial charge on any atom is -0.213 e. The molecule has 118 valence electrons. The van der Waals surface area contributed by atoms with Crippen molar-refractivity contribution in [1.82, 2.24) is 0 Å². The summed E-state index contributed by atoms with van der Waals surface area (Å²) >= 11 is 0. The molecule has 0 aliphatic rings. The minimum atomic E-state index is -0.862. The molecule has 0 amide bonds. The van der Waals surface area contributed by atoms with Crippen molar-refractivity contribution in [3.05, 3.63) is 59.7 Å². The van der Waals surface area contributed by atoms with Gasteiger partial charge in [0.05, 0.1) is 0 Å². The van der Waals surface area contributed by atoms with E-state index in [-0.39, 0.29) is 17.1 Å². The first-order valence-corrected chi connectivity index (χ1v) is 15.0. The van der Waals surface area contributed by atoms with Crippen LogP contribution in [0.1, 0.15) is 11.1 Å². The van der Waals surface area contributed by atoms with Crippen LogP contribution in [0.4, 0.5) is 0 Å². The Morgan fingerprint density at radius 2 is 1.05 bits per heavy atom. The predicted molar refractivity (Wildman–Crippen MR) is 98.2 cm³/mol. The van der Waals surface area contributed by atoms with E-state index < -0.39 is 16.1 Å². The zero-order valence-corrected chi connectivity index (χ0v) is 17.5. The molecule has 0 N–H and O–H groups in total. The average molecular weight is 358 g/mol. The maximum absolute atomic E-state index is 2.40. The molecule has 0 aliphatic heterocycles. The van der Waals surface area contributed by atoms with Gasteiger partial charge in [-0.1, -0.05) is 51.4 Å². The van der Waals surface area contributed by atoms with E-state index in [0.29, 0.717) is 0 Å². The first kappa shape index (κ1) is 20.7. The molecule has 2 aromatic rings. The van der Waals surface area contributed by atoms with E-state index >= 15 is 0 Å². The summed E-state index contributed by atoms with van der Waals surface area (Å²) in [7, 11) is -1.72. The van der Waals surface area contributed by atoms with Crippen LogP contribution >= 0.6 is 0 Å². The Bertz CT molecular complexity index is 410. The van der Waals surface area contributed by atoms with Gasteiger partial charge in [-0.25, -0.2) is 24.3 Å². The molecule has 21 heavy (non-hydrogen) atoms. The Morgan fingerprint density at radius 1 is 0.714 bits per heavy atom. The molecule has 0 spiro atoms. The summed E-state index contributed by atoms with van der Waals surface area (Å²) in [6, 6.07) is 20.0. The van der Waals surface area contributed by atoms with Crippen molar-refractivity contribution in [2.45, 2.75) is 51.4 Å². The van der Waals surface area contributed by atoms with Crippen LogP contribution in [-0.2, 0) is 29.2 Å². The van der Waals surface area contributed by atoms with Crippen LogP contribution in [0.3, 0.4) is 0 Å². The summed E-state index contributed by atoms with van der Waals surface area (Å²) in [6.45, 7) is 14.4. The SMILES string of the molecule is C[Si](C)(C)Cc1ccc[cH-]1.C[Si](C)(C)Cc1ccc[cH-]1.[Fe+2]. The number of hydrogen-bond donors (Lipinski definition) is 0. The predicted octanol–water partition coefficient (Wildman–Crippen LogP) is 5.65. The Labute approximate surface area is 144 Å². The molecule has 0 aromatic heterocycles. The van der Waals surface area contributed by atoms with Gasteiger partial charge in [-0.3, -0.25) is 0 Å². The van der Waals surface area contributed by atoms with Gasteiger partial charge in [0.15, 0.2) is 0 Å². The van der Waals surface area contributed by atoms with Crippen LogP contribution < -0.4 is 0 Å². The zero-order valence-electron chi connectivity index (χ0n) is 14.4. The molecule has 2 rings (SSSR count). The van der Waals surface area contributed by atoms with E-state index in [1.165, 1.54) is 23.2 Å². The third kappa shape index (κ3) is 10.9. The van der Waals surface area contributed by atoms with Crippen molar-refractivity contribution in [3.8, 4) is 0 Å². The molecule has 0 atom stereocenters. The van der Waals surface area contributed by atoms with Gasteiger partial charge < -0.3 is 0 Å². The molecule has 0 radical (unpaired) electrons. The normalized spacial score (nSPS) is 11.3. The van der Waals surface area contributed by atoms with E-state index in [4.69, 9.17) is 0 Å². The molecule has 0 saturated heterocycles. The average Bonchev–Trinajstić information content (AvgIpc) is 2.87. The standard InChI is InChI=1S/2C9H15Si.Fe/c2*1-10(2,3)8-9-6-4-5-7-9;/h2*4-7H,8H2,1-3H3;/q2*-1;+2. The van der Waals surface area contributed by atoms with E-state index in [9.17, 15) is 0 Å². The van der Waals surface area contributed by atoms with Gasteiger partial charge in [-0.05, 0) is 0 Å². The van der Waals surface area contributed by atoms with Gasteiger partial charge in [0.1, 0.15) is 0 Å². The first-order chi connectivity index (χ1) is 9.16. The fraction of sp³-hybridized carbons (Fsp3) is 0.444. The molecule has 0 saturated carbocycles. The van der Waals surface area contributed by atoms with E-state index in [1.807, 2.05) is 0 Å². The molecule has 0 fully saturated rings. The van der Waals surface area contributed by atoms with Crippen LogP contribution in [0.25, 0.3) is 0 Å². The maximum atomic E-state index is 2.40. The summed E-state index contributed by atoms with van der Waals surface area (Å²) in [6.07, 6.45) is 0. The van der Waals surface area contributed by atoms with Crippen molar-refractivity contribution in [2.75, 3.05) is 0 Å². The Balaban J connectivity index is 0.000000364. The second-order valence-electron chi connectivity index (χ2n) is 8.06. The molecular weight excluding hydrogens is 328 g/mol. The second kappa shape index (κ2) is 8.94. The molecule has 0 heterocycles. The van der Waals surface area contributed by atoms with E-state index in [0.717, 1.165) is 0 Å². The van der Waals surface area contributed by atoms with Gasteiger partial charge in [0.2, 0.25) is 0 Å². The summed E-state index contributed by atoms with van der Waals surface area (Å²) in [5.41, 5.74) is 3.03. The number of hydrogen-bond acceptors (Lipinski definition) is 0. The van der Waals surface area contributed by atoms with E-state index in [2.05, 4.69) is 87.8 Å². The topological polar surface area (TPSA) is 0 Å². The zero-order chi connectivity index (χ0) is 15.2. The van der Waals surface area contributed by atoms with Crippen LogP contribution in [0.2, 0.25) is 39.3 Å². The smallest absolute Gasteiger partial charge is 0.213 e. The third-order valence-corrected chi connectivity index (χ3v) is 5.87. The summed E-state index contributed by atoms with van der Waals surface area (Å²) in [5.74, 6) is 0. The van der Waals surface area contributed by atoms with Crippen molar-refractivity contribution < 1.29 is 17.1 Å². The van der Waals surface area contributed by atoms with Gasteiger partial charge in [-0.2, -0.15) is 35.4 Å². The van der Waals surface area contributed by atoms with Crippen LogP contribution in [-0.4, -0.2) is 16.1 Å². The Kier molecular flexibility index (Phi) is 8.79. The summed E-state index contributed by atoms with van der Waals surface area (Å²) in [5, 5.41) is 0. The fourth-order valence-corrected chi connectivity index (χ4v) is 5.21. The molecule has 0 bridgehead atoms. The molecule has 0 nitrogen and oxygen atoms in total. The Hall–Kier alpha value is -0.347. The van der Waals surface area contributed by atoms with Crippen LogP contribution in [0.15, 0.2) is 48.5 Å². The van der Waals surface area contributed by atoms with Gasteiger partial charge in [-0.15, -0.1) is 0 Å². The summed E-state index contributed by atoms with van der Waals surface area (Å²) < 4.78 is 0. The number of rotatable bonds is 4. The largest absolute Gasteiger partial charge is 2.00 e. The van der Waals surface area contributed by atoms with Crippen LogP contribution in [0.5, 0.6) is 0 Å². The molecule has 2 aromatic carbocycles.